The lowest BCUT2D eigenvalue weighted by atomic mass is 9.98. The Hall–Kier alpha value is -1.85. The third-order valence-corrected chi connectivity index (χ3v) is 3.46. The first kappa shape index (κ1) is 13.6. The molecule has 0 spiro atoms. The number of aryl methyl sites for hydroxylation is 1. The van der Waals surface area contributed by atoms with Gasteiger partial charge in [-0.2, -0.15) is 5.10 Å². The second-order valence-electron chi connectivity index (χ2n) is 4.89. The van der Waals surface area contributed by atoms with Crippen LogP contribution in [0.5, 0.6) is 0 Å². The number of likely N-dealkylation sites (tertiary alicyclic amines) is 1. The van der Waals surface area contributed by atoms with Crippen molar-refractivity contribution in [1.82, 2.24) is 14.7 Å². The van der Waals surface area contributed by atoms with E-state index in [0.29, 0.717) is 25.9 Å². The molecule has 0 aliphatic carbocycles. The molecule has 1 atom stereocenters. The van der Waals surface area contributed by atoms with Gasteiger partial charge in [0.1, 0.15) is 0 Å². The number of carboxylic acid groups (broad SMARTS) is 1. The molecule has 6 heteroatoms. The molecule has 0 radical (unpaired) electrons. The van der Waals surface area contributed by atoms with Crippen LogP contribution in [0.25, 0.3) is 0 Å². The molecule has 2 rings (SSSR count). The molecule has 0 aromatic carbocycles. The zero-order valence-corrected chi connectivity index (χ0v) is 10.9. The standard InChI is InChI=1S/C13H19N3O3/c17-12(5-2-8-16-9-3-6-14-16)15-7-1-4-11(10-15)13(18)19/h3,6,9,11H,1-2,4-5,7-8,10H2,(H,18,19). The molecule has 1 aromatic rings. The summed E-state index contributed by atoms with van der Waals surface area (Å²) in [6, 6.07) is 1.85. The number of carbonyl (C=O) groups excluding carboxylic acids is 1. The smallest absolute Gasteiger partial charge is 0.308 e. The summed E-state index contributed by atoms with van der Waals surface area (Å²) in [5.74, 6) is -1.14. The van der Waals surface area contributed by atoms with Crippen LogP contribution in [-0.4, -0.2) is 44.8 Å². The minimum Gasteiger partial charge on any atom is -0.481 e. The second-order valence-corrected chi connectivity index (χ2v) is 4.89. The van der Waals surface area contributed by atoms with Gasteiger partial charge in [0.2, 0.25) is 5.91 Å². The molecule has 0 saturated carbocycles. The van der Waals surface area contributed by atoms with E-state index in [4.69, 9.17) is 5.11 Å². The fourth-order valence-electron chi connectivity index (χ4n) is 2.39. The molecule has 104 valence electrons. The van der Waals surface area contributed by atoms with Crippen LogP contribution < -0.4 is 0 Å². The third kappa shape index (κ3) is 3.81. The van der Waals surface area contributed by atoms with Crippen LogP contribution in [0.15, 0.2) is 18.5 Å². The monoisotopic (exact) mass is 265 g/mol. The fraction of sp³-hybridized carbons (Fsp3) is 0.615. The van der Waals surface area contributed by atoms with Gasteiger partial charge in [0, 0.05) is 38.4 Å². The Bertz CT molecular complexity index is 430. The molecule has 1 saturated heterocycles. The van der Waals surface area contributed by atoms with Crippen molar-refractivity contribution in [3.8, 4) is 0 Å². The number of carbonyl (C=O) groups is 2. The Morgan fingerprint density at radius 2 is 2.26 bits per heavy atom. The van der Waals surface area contributed by atoms with Gasteiger partial charge in [0.05, 0.1) is 5.92 Å². The van der Waals surface area contributed by atoms with Crippen molar-refractivity contribution in [3.05, 3.63) is 18.5 Å². The number of carboxylic acids is 1. The largest absolute Gasteiger partial charge is 0.481 e. The van der Waals surface area contributed by atoms with Crippen molar-refractivity contribution in [1.29, 1.82) is 0 Å². The van der Waals surface area contributed by atoms with Crippen LogP contribution in [0.4, 0.5) is 0 Å². The van der Waals surface area contributed by atoms with Crippen LogP contribution in [0, 0.1) is 5.92 Å². The summed E-state index contributed by atoms with van der Waals surface area (Å²) in [5.41, 5.74) is 0. The molecular weight excluding hydrogens is 246 g/mol. The van der Waals surface area contributed by atoms with Crippen molar-refractivity contribution in [2.45, 2.75) is 32.2 Å². The van der Waals surface area contributed by atoms with Gasteiger partial charge in [-0.1, -0.05) is 0 Å². The highest BCUT2D eigenvalue weighted by Crippen LogP contribution is 2.17. The van der Waals surface area contributed by atoms with Crippen LogP contribution in [0.2, 0.25) is 0 Å². The van der Waals surface area contributed by atoms with E-state index >= 15 is 0 Å². The van der Waals surface area contributed by atoms with E-state index in [0.717, 1.165) is 19.4 Å². The lowest BCUT2D eigenvalue weighted by molar-refractivity contribution is -0.145. The molecule has 0 bridgehead atoms. The summed E-state index contributed by atoms with van der Waals surface area (Å²) in [5, 5.41) is 13.1. The highest BCUT2D eigenvalue weighted by atomic mass is 16.4. The Labute approximate surface area is 112 Å². The maximum atomic E-state index is 12.0. The SMILES string of the molecule is O=C(O)C1CCCN(C(=O)CCCn2cccn2)C1. The first-order valence-corrected chi connectivity index (χ1v) is 6.65. The van der Waals surface area contributed by atoms with Gasteiger partial charge >= 0.3 is 5.97 Å². The first-order valence-electron chi connectivity index (χ1n) is 6.65. The van der Waals surface area contributed by atoms with Crippen molar-refractivity contribution in [2.75, 3.05) is 13.1 Å². The predicted molar refractivity (Wildman–Crippen MR) is 68.4 cm³/mol. The van der Waals surface area contributed by atoms with Gasteiger partial charge in [-0.3, -0.25) is 14.3 Å². The molecule has 1 aliphatic heterocycles. The van der Waals surface area contributed by atoms with E-state index < -0.39 is 11.9 Å². The lowest BCUT2D eigenvalue weighted by Crippen LogP contribution is -2.42. The lowest BCUT2D eigenvalue weighted by Gasteiger charge is -2.30. The first-order chi connectivity index (χ1) is 9.16. The zero-order chi connectivity index (χ0) is 13.7. The topological polar surface area (TPSA) is 75.4 Å². The number of hydrogen-bond donors (Lipinski definition) is 1. The summed E-state index contributed by atoms with van der Waals surface area (Å²) in [7, 11) is 0. The zero-order valence-electron chi connectivity index (χ0n) is 10.9. The van der Waals surface area contributed by atoms with Crippen LogP contribution >= 0.6 is 0 Å². The van der Waals surface area contributed by atoms with Gasteiger partial charge in [0.15, 0.2) is 0 Å². The van der Waals surface area contributed by atoms with E-state index in [2.05, 4.69) is 5.10 Å². The number of rotatable bonds is 5. The van der Waals surface area contributed by atoms with Crippen molar-refractivity contribution < 1.29 is 14.7 Å². The molecule has 1 N–H and O–H groups in total. The molecular formula is C13H19N3O3. The summed E-state index contributed by atoms with van der Waals surface area (Å²) >= 11 is 0. The average molecular weight is 265 g/mol. The van der Waals surface area contributed by atoms with Crippen LogP contribution in [0.1, 0.15) is 25.7 Å². The molecule has 1 amide bonds. The number of aromatic nitrogens is 2. The molecule has 2 heterocycles. The number of aliphatic carboxylic acids is 1. The number of piperidine rings is 1. The van der Waals surface area contributed by atoms with Crippen LogP contribution in [-0.2, 0) is 16.1 Å². The van der Waals surface area contributed by atoms with E-state index in [1.807, 2.05) is 12.3 Å². The highest BCUT2D eigenvalue weighted by molar-refractivity contribution is 5.78. The minimum atomic E-state index is -0.797. The maximum absolute atomic E-state index is 12.0. The second kappa shape index (κ2) is 6.36. The van der Waals surface area contributed by atoms with Gasteiger partial charge < -0.3 is 10.0 Å². The maximum Gasteiger partial charge on any atom is 0.308 e. The quantitative estimate of drug-likeness (QED) is 0.861. The van der Waals surface area contributed by atoms with Crippen molar-refractivity contribution >= 4 is 11.9 Å². The van der Waals surface area contributed by atoms with Gasteiger partial charge in [-0.15, -0.1) is 0 Å². The van der Waals surface area contributed by atoms with Gasteiger partial charge in [0.25, 0.3) is 0 Å². The highest BCUT2D eigenvalue weighted by Gasteiger charge is 2.27. The molecule has 6 nitrogen and oxygen atoms in total. The van der Waals surface area contributed by atoms with E-state index in [-0.39, 0.29) is 5.91 Å². The van der Waals surface area contributed by atoms with Gasteiger partial charge in [-0.25, -0.2) is 0 Å². The number of hydrogen-bond acceptors (Lipinski definition) is 3. The Morgan fingerprint density at radius 1 is 1.42 bits per heavy atom. The number of nitrogens with zero attached hydrogens (tertiary/aromatic N) is 3. The average Bonchev–Trinajstić information content (AvgIpc) is 2.92. The molecule has 1 unspecified atom stereocenters. The number of amides is 1. The molecule has 1 aliphatic rings. The normalized spacial score (nSPS) is 19.4. The minimum absolute atomic E-state index is 0.0538. The van der Waals surface area contributed by atoms with Crippen molar-refractivity contribution in [2.24, 2.45) is 5.92 Å². The molecule has 19 heavy (non-hydrogen) atoms. The summed E-state index contributed by atoms with van der Waals surface area (Å²) < 4.78 is 1.80. The Balaban J connectivity index is 1.74. The Kier molecular flexibility index (Phi) is 4.54. The summed E-state index contributed by atoms with van der Waals surface area (Å²) in [6.07, 6.45) is 6.21. The summed E-state index contributed by atoms with van der Waals surface area (Å²) in [4.78, 5) is 24.6. The Morgan fingerprint density at radius 3 is 2.95 bits per heavy atom. The van der Waals surface area contributed by atoms with Crippen molar-refractivity contribution in [3.63, 3.8) is 0 Å². The summed E-state index contributed by atoms with van der Waals surface area (Å²) in [6.45, 7) is 1.76. The van der Waals surface area contributed by atoms with E-state index in [1.54, 1.807) is 15.8 Å². The van der Waals surface area contributed by atoms with Gasteiger partial charge in [-0.05, 0) is 25.3 Å². The molecule has 1 fully saturated rings. The van der Waals surface area contributed by atoms with E-state index in [9.17, 15) is 9.59 Å². The van der Waals surface area contributed by atoms with E-state index in [1.165, 1.54) is 0 Å². The van der Waals surface area contributed by atoms with Crippen LogP contribution in [0.3, 0.4) is 0 Å². The molecule has 1 aromatic heterocycles. The predicted octanol–water partition coefficient (Wildman–Crippen LogP) is 0.986. The fourth-order valence-corrected chi connectivity index (χ4v) is 2.39. The third-order valence-electron chi connectivity index (χ3n) is 3.46.